The summed E-state index contributed by atoms with van der Waals surface area (Å²) in [5.41, 5.74) is 2.07. The maximum absolute atomic E-state index is 10.8. The highest BCUT2D eigenvalue weighted by Gasteiger charge is 2.14. The van der Waals surface area contributed by atoms with E-state index >= 15 is 0 Å². The van der Waals surface area contributed by atoms with Gasteiger partial charge in [0, 0.05) is 23.9 Å². The number of nitro benzene ring substituents is 1. The first kappa shape index (κ1) is 15.5. The summed E-state index contributed by atoms with van der Waals surface area (Å²) in [7, 11) is 0. The molecule has 0 aromatic heterocycles. The first-order valence-corrected chi connectivity index (χ1v) is 6.99. The van der Waals surface area contributed by atoms with Gasteiger partial charge < -0.3 is 5.32 Å². The maximum atomic E-state index is 10.8. The van der Waals surface area contributed by atoms with Gasteiger partial charge in [-0.1, -0.05) is 33.3 Å². The van der Waals surface area contributed by atoms with E-state index in [-0.39, 0.29) is 10.6 Å². The maximum Gasteiger partial charge on any atom is 0.271 e. The predicted molar refractivity (Wildman–Crippen MR) is 79.6 cm³/mol. The minimum absolute atomic E-state index is 0.145. The van der Waals surface area contributed by atoms with Crippen molar-refractivity contribution >= 4 is 11.4 Å². The average Bonchev–Trinajstić information content (AvgIpc) is 2.39. The molecule has 1 N–H and O–H groups in total. The van der Waals surface area contributed by atoms with Gasteiger partial charge in [0.1, 0.15) is 0 Å². The molecule has 0 amide bonds. The number of aryl methyl sites for hydroxylation is 1. The summed E-state index contributed by atoms with van der Waals surface area (Å²) in [6.45, 7) is 8.55. The van der Waals surface area contributed by atoms with Gasteiger partial charge in [-0.3, -0.25) is 10.1 Å². The van der Waals surface area contributed by atoms with Gasteiger partial charge in [-0.25, -0.2) is 0 Å². The fraction of sp³-hybridized carbons (Fsp3) is 0.600. The van der Waals surface area contributed by atoms with Crippen molar-refractivity contribution in [1.29, 1.82) is 0 Å². The number of anilines is 1. The lowest BCUT2D eigenvalue weighted by Gasteiger charge is -2.22. The molecule has 0 aliphatic carbocycles. The van der Waals surface area contributed by atoms with Crippen LogP contribution in [0.1, 0.15) is 45.6 Å². The van der Waals surface area contributed by atoms with E-state index in [2.05, 4.69) is 26.1 Å². The van der Waals surface area contributed by atoms with Crippen LogP contribution in [0.3, 0.4) is 0 Å². The minimum atomic E-state index is -0.347. The van der Waals surface area contributed by atoms with Crippen molar-refractivity contribution < 1.29 is 4.92 Å². The van der Waals surface area contributed by atoms with Crippen molar-refractivity contribution in [3.63, 3.8) is 0 Å². The summed E-state index contributed by atoms with van der Waals surface area (Å²) in [6, 6.07) is 5.36. The van der Waals surface area contributed by atoms with E-state index in [1.54, 1.807) is 18.2 Å². The smallest absolute Gasteiger partial charge is 0.271 e. The molecule has 0 aliphatic rings. The molecule has 2 unspecified atom stereocenters. The molecule has 1 aromatic carbocycles. The third-order valence-corrected chi connectivity index (χ3v) is 3.67. The normalized spacial score (nSPS) is 13.9. The second-order valence-electron chi connectivity index (χ2n) is 5.25. The lowest BCUT2D eigenvalue weighted by Crippen LogP contribution is -2.21. The second kappa shape index (κ2) is 7.12. The minimum Gasteiger partial charge on any atom is -0.382 e. The van der Waals surface area contributed by atoms with Gasteiger partial charge in [0.2, 0.25) is 0 Å². The van der Waals surface area contributed by atoms with E-state index in [9.17, 15) is 10.1 Å². The molecule has 1 aromatic rings. The Kier molecular flexibility index (Phi) is 5.80. The van der Waals surface area contributed by atoms with Crippen LogP contribution in [0.4, 0.5) is 11.4 Å². The Hall–Kier alpha value is -1.58. The Morgan fingerprint density at radius 1 is 1.32 bits per heavy atom. The molecule has 19 heavy (non-hydrogen) atoms. The largest absolute Gasteiger partial charge is 0.382 e. The third kappa shape index (κ3) is 4.54. The summed E-state index contributed by atoms with van der Waals surface area (Å²) in [4.78, 5) is 10.5. The number of nitrogens with zero attached hydrogens (tertiary/aromatic N) is 1. The van der Waals surface area contributed by atoms with Crippen LogP contribution in [0.5, 0.6) is 0 Å². The van der Waals surface area contributed by atoms with Gasteiger partial charge in [0.05, 0.1) is 4.92 Å². The average molecular weight is 264 g/mol. The molecular formula is C15H24N2O2. The second-order valence-corrected chi connectivity index (χ2v) is 5.25. The van der Waals surface area contributed by atoms with Gasteiger partial charge in [0.25, 0.3) is 5.69 Å². The Balaban J connectivity index is 2.84. The molecule has 4 nitrogen and oxygen atoms in total. The standard InChI is InChI=1S/C15H24N2O2/c1-5-11(3)9-13(6-2)16-15-10-14(17(18)19)8-7-12(15)4/h7-8,10-11,13,16H,5-6,9H2,1-4H3. The van der Waals surface area contributed by atoms with Gasteiger partial charge in [0.15, 0.2) is 0 Å². The van der Waals surface area contributed by atoms with Crippen LogP contribution in [0.15, 0.2) is 18.2 Å². The molecule has 0 radical (unpaired) electrons. The van der Waals surface area contributed by atoms with Crippen molar-refractivity contribution in [2.24, 2.45) is 5.92 Å². The Labute approximate surface area is 115 Å². The molecule has 0 spiro atoms. The van der Waals surface area contributed by atoms with Crippen molar-refractivity contribution in [1.82, 2.24) is 0 Å². The number of hydrogen-bond donors (Lipinski definition) is 1. The summed E-state index contributed by atoms with van der Waals surface area (Å²) < 4.78 is 0. The molecular weight excluding hydrogens is 240 g/mol. The molecule has 0 bridgehead atoms. The van der Waals surface area contributed by atoms with Gasteiger partial charge in [-0.2, -0.15) is 0 Å². The zero-order valence-corrected chi connectivity index (χ0v) is 12.3. The van der Waals surface area contributed by atoms with E-state index in [1.807, 2.05) is 6.92 Å². The van der Waals surface area contributed by atoms with Gasteiger partial charge >= 0.3 is 0 Å². The van der Waals surface area contributed by atoms with Crippen LogP contribution in [0.2, 0.25) is 0 Å². The highest BCUT2D eigenvalue weighted by atomic mass is 16.6. The number of benzene rings is 1. The lowest BCUT2D eigenvalue weighted by molar-refractivity contribution is -0.384. The zero-order chi connectivity index (χ0) is 14.4. The monoisotopic (exact) mass is 264 g/mol. The number of nitro groups is 1. The molecule has 106 valence electrons. The van der Waals surface area contributed by atoms with Crippen LogP contribution < -0.4 is 5.32 Å². The quantitative estimate of drug-likeness (QED) is 0.581. The Morgan fingerprint density at radius 2 is 2.00 bits per heavy atom. The number of hydrogen-bond acceptors (Lipinski definition) is 3. The third-order valence-electron chi connectivity index (χ3n) is 3.67. The van der Waals surface area contributed by atoms with Crippen LogP contribution in [-0.4, -0.2) is 11.0 Å². The van der Waals surface area contributed by atoms with E-state index in [4.69, 9.17) is 0 Å². The molecule has 4 heteroatoms. The van der Waals surface area contributed by atoms with Crippen molar-refractivity contribution in [3.8, 4) is 0 Å². The summed E-state index contributed by atoms with van der Waals surface area (Å²) >= 11 is 0. The van der Waals surface area contributed by atoms with Crippen molar-refractivity contribution in [3.05, 3.63) is 33.9 Å². The summed E-state index contributed by atoms with van der Waals surface area (Å²) in [5.74, 6) is 0.663. The van der Waals surface area contributed by atoms with Crippen LogP contribution in [-0.2, 0) is 0 Å². The predicted octanol–water partition coefficient (Wildman–Crippen LogP) is 4.53. The van der Waals surface area contributed by atoms with Crippen LogP contribution >= 0.6 is 0 Å². The molecule has 0 heterocycles. The van der Waals surface area contributed by atoms with Gasteiger partial charge in [-0.15, -0.1) is 0 Å². The zero-order valence-electron chi connectivity index (χ0n) is 12.3. The van der Waals surface area contributed by atoms with E-state index in [0.717, 1.165) is 30.5 Å². The van der Waals surface area contributed by atoms with Crippen LogP contribution in [0.25, 0.3) is 0 Å². The molecule has 0 saturated carbocycles. The summed E-state index contributed by atoms with van der Waals surface area (Å²) in [6.07, 6.45) is 3.27. The molecule has 0 fully saturated rings. The Morgan fingerprint density at radius 3 is 2.53 bits per heavy atom. The van der Waals surface area contributed by atoms with Crippen molar-refractivity contribution in [2.45, 2.75) is 53.0 Å². The first-order chi connectivity index (χ1) is 8.97. The highest BCUT2D eigenvalue weighted by molar-refractivity contribution is 5.57. The molecule has 2 atom stereocenters. The lowest BCUT2D eigenvalue weighted by atomic mass is 9.97. The van der Waals surface area contributed by atoms with E-state index in [0.29, 0.717) is 12.0 Å². The van der Waals surface area contributed by atoms with Crippen molar-refractivity contribution in [2.75, 3.05) is 5.32 Å². The topological polar surface area (TPSA) is 55.2 Å². The fourth-order valence-corrected chi connectivity index (χ4v) is 2.08. The fourth-order valence-electron chi connectivity index (χ4n) is 2.08. The number of non-ortho nitro benzene ring substituents is 1. The first-order valence-electron chi connectivity index (χ1n) is 6.99. The Bertz CT molecular complexity index is 432. The van der Waals surface area contributed by atoms with Crippen LogP contribution in [0, 0.1) is 23.0 Å². The highest BCUT2D eigenvalue weighted by Crippen LogP contribution is 2.24. The summed E-state index contributed by atoms with van der Waals surface area (Å²) in [5, 5.41) is 14.3. The number of rotatable bonds is 7. The molecule has 0 aliphatic heterocycles. The molecule has 1 rings (SSSR count). The SMILES string of the molecule is CCC(C)CC(CC)Nc1cc([N+](=O)[O-])ccc1C. The number of nitrogens with one attached hydrogen (secondary N) is 1. The van der Waals surface area contributed by atoms with E-state index in [1.165, 1.54) is 0 Å². The van der Waals surface area contributed by atoms with E-state index < -0.39 is 0 Å². The molecule has 0 saturated heterocycles. The van der Waals surface area contributed by atoms with Gasteiger partial charge in [-0.05, 0) is 31.2 Å².